The molecule has 0 fully saturated rings. The molecule has 1 heterocycles. The molecule has 0 spiro atoms. The summed E-state index contributed by atoms with van der Waals surface area (Å²) in [4.78, 5) is 13.5. The largest absolute Gasteiger partial charge is 0.354 e. The van der Waals surface area contributed by atoms with E-state index >= 15 is 0 Å². The van der Waals surface area contributed by atoms with Gasteiger partial charge in [-0.05, 0) is 12.1 Å². The average molecular weight is 237 g/mol. The van der Waals surface area contributed by atoms with Gasteiger partial charge in [-0.25, -0.2) is 0 Å². The fourth-order valence-corrected chi connectivity index (χ4v) is 2.13. The summed E-state index contributed by atoms with van der Waals surface area (Å²) in [5, 5.41) is 21.6. The number of aromatic nitrogens is 1. The van der Waals surface area contributed by atoms with Gasteiger partial charge >= 0.3 is 0 Å². The monoisotopic (exact) mass is 237 g/mol. The Bertz CT molecular complexity index is 827. The van der Waals surface area contributed by atoms with E-state index in [0.717, 1.165) is 16.3 Å². The summed E-state index contributed by atoms with van der Waals surface area (Å²) >= 11 is 0. The third-order valence-corrected chi connectivity index (χ3v) is 2.94. The smallest absolute Gasteiger partial charge is 0.289 e. The van der Waals surface area contributed by atoms with Crippen molar-refractivity contribution in [3.63, 3.8) is 0 Å². The summed E-state index contributed by atoms with van der Waals surface area (Å²) in [7, 11) is 0. The molecule has 5 nitrogen and oxygen atoms in total. The molecule has 0 aliphatic carbocycles. The molecular formula is C13H7N3O2. The first-order valence-electron chi connectivity index (χ1n) is 5.29. The maximum absolute atomic E-state index is 10.9. The zero-order valence-corrected chi connectivity index (χ0v) is 9.18. The lowest BCUT2D eigenvalue weighted by Gasteiger charge is -1.95. The van der Waals surface area contributed by atoms with Crippen LogP contribution in [0, 0.1) is 21.4 Å². The first-order valence-corrected chi connectivity index (χ1v) is 5.29. The van der Waals surface area contributed by atoms with Crippen LogP contribution in [0.5, 0.6) is 0 Å². The Morgan fingerprint density at radius 1 is 1.17 bits per heavy atom. The summed E-state index contributed by atoms with van der Waals surface area (Å²) in [5.74, 6) is 0. The van der Waals surface area contributed by atoms with E-state index in [2.05, 4.69) is 4.98 Å². The second-order valence-electron chi connectivity index (χ2n) is 3.95. The van der Waals surface area contributed by atoms with Crippen molar-refractivity contribution in [2.45, 2.75) is 0 Å². The number of nitrogens with zero attached hydrogens (tertiary/aromatic N) is 2. The molecule has 1 aromatic heterocycles. The zero-order chi connectivity index (χ0) is 12.7. The molecule has 0 saturated heterocycles. The Hall–Kier alpha value is -2.87. The van der Waals surface area contributed by atoms with Crippen LogP contribution in [-0.2, 0) is 0 Å². The van der Waals surface area contributed by atoms with Gasteiger partial charge < -0.3 is 4.98 Å². The van der Waals surface area contributed by atoms with Gasteiger partial charge in [0.1, 0.15) is 11.6 Å². The second-order valence-corrected chi connectivity index (χ2v) is 3.95. The minimum absolute atomic E-state index is 0.0808. The van der Waals surface area contributed by atoms with Crippen LogP contribution in [0.4, 0.5) is 5.69 Å². The highest BCUT2D eigenvalue weighted by Gasteiger charge is 2.16. The van der Waals surface area contributed by atoms with E-state index < -0.39 is 4.92 Å². The van der Waals surface area contributed by atoms with Gasteiger partial charge in [-0.2, -0.15) is 5.26 Å². The number of aromatic amines is 1. The minimum Gasteiger partial charge on any atom is -0.354 e. The molecule has 3 rings (SSSR count). The van der Waals surface area contributed by atoms with Gasteiger partial charge in [0.2, 0.25) is 0 Å². The number of hydrogen-bond donors (Lipinski definition) is 1. The van der Waals surface area contributed by atoms with Crippen molar-refractivity contribution in [2.24, 2.45) is 0 Å². The van der Waals surface area contributed by atoms with Crippen molar-refractivity contribution < 1.29 is 4.92 Å². The molecule has 86 valence electrons. The average Bonchev–Trinajstić information content (AvgIpc) is 2.74. The molecular weight excluding hydrogens is 230 g/mol. The summed E-state index contributed by atoms with van der Waals surface area (Å²) in [6.07, 6.45) is 0. The van der Waals surface area contributed by atoms with Gasteiger partial charge in [-0.1, -0.05) is 18.2 Å². The Morgan fingerprint density at radius 3 is 2.67 bits per heavy atom. The fourth-order valence-electron chi connectivity index (χ4n) is 2.13. The number of nitro groups is 1. The van der Waals surface area contributed by atoms with E-state index in [1.54, 1.807) is 6.07 Å². The molecule has 5 heteroatoms. The zero-order valence-electron chi connectivity index (χ0n) is 9.18. The molecule has 0 amide bonds. The fraction of sp³-hybridized carbons (Fsp3) is 0. The highest BCUT2D eigenvalue weighted by atomic mass is 16.6. The first kappa shape index (κ1) is 10.3. The topological polar surface area (TPSA) is 82.7 Å². The number of hydrogen-bond acceptors (Lipinski definition) is 3. The van der Waals surface area contributed by atoms with Gasteiger partial charge in [0.15, 0.2) is 0 Å². The van der Waals surface area contributed by atoms with Gasteiger partial charge in [0, 0.05) is 22.4 Å². The minimum atomic E-state index is -0.538. The Balaban J connectivity index is 2.48. The highest BCUT2D eigenvalue weighted by Crippen LogP contribution is 2.30. The predicted molar refractivity (Wildman–Crippen MR) is 67.2 cm³/mol. The van der Waals surface area contributed by atoms with Crippen molar-refractivity contribution >= 4 is 27.5 Å². The maximum Gasteiger partial charge on any atom is 0.289 e. The van der Waals surface area contributed by atoms with Crippen LogP contribution in [0.15, 0.2) is 36.4 Å². The maximum atomic E-state index is 10.9. The van der Waals surface area contributed by atoms with Crippen molar-refractivity contribution in [1.82, 2.24) is 4.98 Å². The van der Waals surface area contributed by atoms with Crippen LogP contribution in [-0.4, -0.2) is 9.91 Å². The number of H-pyrrole nitrogens is 1. The summed E-state index contributed by atoms with van der Waals surface area (Å²) in [5.41, 5.74) is 1.48. The molecule has 0 aliphatic heterocycles. The lowest BCUT2D eigenvalue weighted by Crippen LogP contribution is -1.91. The molecule has 18 heavy (non-hydrogen) atoms. The van der Waals surface area contributed by atoms with Crippen LogP contribution in [0.1, 0.15) is 5.56 Å². The SMILES string of the molecule is N#Cc1cc2c(cc1[N+](=O)[O-])[nH]c1ccccc12. The Labute approximate surface area is 101 Å². The van der Waals surface area contributed by atoms with Crippen molar-refractivity contribution in [1.29, 1.82) is 5.26 Å². The summed E-state index contributed by atoms with van der Waals surface area (Å²) < 4.78 is 0. The number of fused-ring (bicyclic) bond motifs is 3. The third kappa shape index (κ3) is 1.33. The highest BCUT2D eigenvalue weighted by molar-refractivity contribution is 6.08. The van der Waals surface area contributed by atoms with Gasteiger partial charge in [-0.3, -0.25) is 10.1 Å². The van der Waals surface area contributed by atoms with Crippen molar-refractivity contribution in [3.8, 4) is 6.07 Å². The van der Waals surface area contributed by atoms with Gasteiger partial charge in [0.25, 0.3) is 5.69 Å². The standard InChI is InChI=1S/C13H7N3O2/c14-7-8-5-10-9-3-1-2-4-11(9)15-12(10)6-13(8)16(17)18/h1-6,15H. The molecule has 0 bridgehead atoms. The lowest BCUT2D eigenvalue weighted by atomic mass is 10.1. The van der Waals surface area contributed by atoms with E-state index in [0.29, 0.717) is 5.52 Å². The predicted octanol–water partition coefficient (Wildman–Crippen LogP) is 3.10. The van der Waals surface area contributed by atoms with Gasteiger partial charge in [-0.15, -0.1) is 0 Å². The second kappa shape index (κ2) is 3.57. The van der Waals surface area contributed by atoms with E-state index in [1.165, 1.54) is 6.07 Å². The summed E-state index contributed by atoms with van der Waals surface area (Å²) in [6, 6.07) is 12.4. The number of nitro benzene ring substituents is 1. The van der Waals surface area contributed by atoms with Crippen LogP contribution in [0.2, 0.25) is 0 Å². The molecule has 3 aromatic rings. The Morgan fingerprint density at radius 2 is 1.94 bits per heavy atom. The molecule has 0 atom stereocenters. The quantitative estimate of drug-likeness (QED) is 0.521. The number of benzene rings is 2. The number of nitriles is 1. The first-order chi connectivity index (χ1) is 8.70. The van der Waals surface area contributed by atoms with Crippen LogP contribution in [0.25, 0.3) is 21.8 Å². The number of rotatable bonds is 1. The summed E-state index contributed by atoms with van der Waals surface area (Å²) in [6.45, 7) is 0. The van der Waals surface area contributed by atoms with Crippen LogP contribution >= 0.6 is 0 Å². The Kier molecular flexibility index (Phi) is 2.04. The molecule has 0 aliphatic rings. The molecule has 1 N–H and O–H groups in total. The van der Waals surface area contributed by atoms with E-state index in [4.69, 9.17) is 5.26 Å². The van der Waals surface area contributed by atoms with E-state index in [-0.39, 0.29) is 11.3 Å². The molecule has 0 saturated carbocycles. The lowest BCUT2D eigenvalue weighted by molar-refractivity contribution is -0.385. The number of para-hydroxylation sites is 1. The van der Waals surface area contributed by atoms with Crippen molar-refractivity contribution in [2.75, 3.05) is 0 Å². The van der Waals surface area contributed by atoms with Gasteiger partial charge in [0.05, 0.1) is 10.4 Å². The van der Waals surface area contributed by atoms with E-state index in [9.17, 15) is 10.1 Å². The number of nitrogens with one attached hydrogen (secondary N) is 1. The van der Waals surface area contributed by atoms with Crippen molar-refractivity contribution in [3.05, 3.63) is 52.1 Å². The van der Waals surface area contributed by atoms with Crippen LogP contribution < -0.4 is 0 Å². The molecule has 2 aromatic carbocycles. The van der Waals surface area contributed by atoms with E-state index in [1.807, 2.05) is 30.3 Å². The molecule has 0 unspecified atom stereocenters. The third-order valence-electron chi connectivity index (χ3n) is 2.94. The normalized spacial score (nSPS) is 10.6. The van der Waals surface area contributed by atoms with Crippen LogP contribution in [0.3, 0.4) is 0 Å². The molecule has 0 radical (unpaired) electrons.